The summed E-state index contributed by atoms with van der Waals surface area (Å²) in [6.07, 6.45) is 3.20. The molecule has 1 aliphatic heterocycles. The minimum absolute atomic E-state index is 0.601. The van der Waals surface area contributed by atoms with E-state index in [9.17, 15) is 5.26 Å². The summed E-state index contributed by atoms with van der Waals surface area (Å²) >= 11 is 5.57. The van der Waals surface area contributed by atoms with Crippen LogP contribution in [0, 0.1) is 11.3 Å². The molecular weight excluding hydrogens is 350 g/mol. The zero-order chi connectivity index (χ0) is 18.6. The van der Waals surface area contributed by atoms with Gasteiger partial charge < -0.3 is 10.2 Å². The lowest BCUT2D eigenvalue weighted by atomic mass is 9.94. The van der Waals surface area contributed by atoms with Crippen LogP contribution < -0.4 is 5.32 Å². The average Bonchev–Trinajstić information content (AvgIpc) is 2.74. The maximum Gasteiger partial charge on any atom is 0.173 e. The summed E-state index contributed by atoms with van der Waals surface area (Å²) in [5.41, 5.74) is 4.03. The highest BCUT2D eigenvalue weighted by Crippen LogP contribution is 2.29. The largest absolute Gasteiger partial charge is 0.345 e. The first-order chi connectivity index (χ1) is 13.3. The first-order valence-corrected chi connectivity index (χ1v) is 9.39. The third kappa shape index (κ3) is 3.55. The van der Waals surface area contributed by atoms with E-state index in [4.69, 9.17) is 12.2 Å². The van der Waals surface area contributed by atoms with Crippen molar-refractivity contribution >= 4 is 39.4 Å². The van der Waals surface area contributed by atoms with Gasteiger partial charge in [0.2, 0.25) is 0 Å². The Morgan fingerprint density at radius 2 is 1.78 bits per heavy atom. The van der Waals surface area contributed by atoms with Crippen molar-refractivity contribution in [2.45, 2.75) is 6.42 Å². The van der Waals surface area contributed by atoms with Crippen LogP contribution in [0.5, 0.6) is 0 Å². The molecule has 0 radical (unpaired) electrons. The summed E-state index contributed by atoms with van der Waals surface area (Å²) < 4.78 is 0. The molecule has 4 rings (SSSR count). The van der Waals surface area contributed by atoms with Gasteiger partial charge in [-0.2, -0.15) is 5.26 Å². The Bertz CT molecular complexity index is 1070. The average molecular weight is 369 g/mol. The number of anilines is 1. The van der Waals surface area contributed by atoms with Gasteiger partial charge in [0, 0.05) is 13.1 Å². The number of thiocarbonyl (C=S) groups is 1. The molecule has 0 aromatic heterocycles. The van der Waals surface area contributed by atoms with Crippen LogP contribution in [0.2, 0.25) is 0 Å². The van der Waals surface area contributed by atoms with Crippen molar-refractivity contribution in [3.05, 3.63) is 83.9 Å². The molecule has 1 heterocycles. The van der Waals surface area contributed by atoms with E-state index in [1.807, 2.05) is 18.2 Å². The molecule has 0 fully saturated rings. The highest BCUT2D eigenvalue weighted by atomic mass is 32.1. The molecule has 0 saturated heterocycles. The van der Waals surface area contributed by atoms with Crippen molar-refractivity contribution in [3.8, 4) is 6.07 Å². The van der Waals surface area contributed by atoms with E-state index in [1.54, 1.807) is 6.07 Å². The van der Waals surface area contributed by atoms with Crippen LogP contribution in [0.15, 0.2) is 72.8 Å². The van der Waals surface area contributed by atoms with Crippen molar-refractivity contribution in [1.82, 2.24) is 4.90 Å². The molecule has 0 spiro atoms. The lowest BCUT2D eigenvalue weighted by Gasteiger charge is -2.29. The summed E-state index contributed by atoms with van der Waals surface area (Å²) in [4.78, 5) is 2.14. The third-order valence-electron chi connectivity index (χ3n) is 4.92. The van der Waals surface area contributed by atoms with E-state index in [0.29, 0.717) is 10.7 Å². The number of hydrogen-bond donors (Lipinski definition) is 1. The van der Waals surface area contributed by atoms with Gasteiger partial charge >= 0.3 is 0 Å². The zero-order valence-corrected chi connectivity index (χ0v) is 15.7. The van der Waals surface area contributed by atoms with Gasteiger partial charge in [-0.05, 0) is 52.7 Å². The number of nitriles is 1. The van der Waals surface area contributed by atoms with Crippen molar-refractivity contribution < 1.29 is 0 Å². The monoisotopic (exact) mass is 369 g/mol. The van der Waals surface area contributed by atoms with Gasteiger partial charge in [-0.25, -0.2) is 0 Å². The maximum atomic E-state index is 9.23. The summed E-state index contributed by atoms with van der Waals surface area (Å²) in [7, 11) is 0. The van der Waals surface area contributed by atoms with Crippen LogP contribution in [0.4, 0.5) is 5.69 Å². The van der Waals surface area contributed by atoms with Gasteiger partial charge in [0.05, 0.1) is 11.3 Å². The molecule has 0 amide bonds. The molecule has 1 aliphatic rings. The van der Waals surface area contributed by atoms with Crippen LogP contribution in [-0.4, -0.2) is 23.1 Å². The summed E-state index contributed by atoms with van der Waals surface area (Å²) in [5, 5.41) is 15.7. The second-order valence-electron chi connectivity index (χ2n) is 6.54. The molecule has 0 saturated carbocycles. The van der Waals surface area contributed by atoms with E-state index >= 15 is 0 Å². The summed E-state index contributed by atoms with van der Waals surface area (Å²) in [5.74, 6) is 0. The van der Waals surface area contributed by atoms with Gasteiger partial charge in [-0.1, -0.05) is 60.7 Å². The number of rotatable bonds is 2. The van der Waals surface area contributed by atoms with Crippen LogP contribution in [0.1, 0.15) is 17.5 Å². The fourth-order valence-corrected chi connectivity index (χ4v) is 3.76. The van der Waals surface area contributed by atoms with Gasteiger partial charge in [0.25, 0.3) is 0 Å². The molecule has 3 aromatic carbocycles. The molecule has 3 aromatic rings. The number of hydrogen-bond acceptors (Lipinski definition) is 2. The lowest BCUT2D eigenvalue weighted by Crippen LogP contribution is -2.37. The highest BCUT2D eigenvalue weighted by molar-refractivity contribution is 7.80. The standard InChI is InChI=1S/C23H19N3S/c24-16-19-7-2-4-11-22(19)25-23(27)26-14-12-18(13-15-26)21-10-5-8-17-6-1-3-9-20(17)21/h1-12H,13-15H2,(H,25,27). The topological polar surface area (TPSA) is 39.1 Å². The van der Waals surface area contributed by atoms with Crippen LogP contribution >= 0.6 is 12.2 Å². The van der Waals surface area contributed by atoms with E-state index in [1.165, 1.54) is 21.9 Å². The van der Waals surface area contributed by atoms with E-state index < -0.39 is 0 Å². The summed E-state index contributed by atoms with van der Waals surface area (Å²) in [6.45, 7) is 1.62. The van der Waals surface area contributed by atoms with Crippen molar-refractivity contribution in [3.63, 3.8) is 0 Å². The van der Waals surface area contributed by atoms with E-state index in [-0.39, 0.29) is 0 Å². The molecule has 4 heteroatoms. The first-order valence-electron chi connectivity index (χ1n) is 8.98. The molecule has 132 valence electrons. The number of fused-ring (bicyclic) bond motifs is 1. The SMILES string of the molecule is N#Cc1ccccc1NC(=S)N1CC=C(c2cccc3ccccc23)CC1. The highest BCUT2D eigenvalue weighted by Gasteiger charge is 2.17. The Hall–Kier alpha value is -3.16. The van der Waals surface area contributed by atoms with Crippen LogP contribution in [0.25, 0.3) is 16.3 Å². The smallest absolute Gasteiger partial charge is 0.173 e. The fraction of sp³-hybridized carbons (Fsp3) is 0.130. The third-order valence-corrected chi connectivity index (χ3v) is 5.28. The fourth-order valence-electron chi connectivity index (χ4n) is 3.49. The predicted octanol–water partition coefficient (Wildman–Crippen LogP) is 5.20. The second-order valence-corrected chi connectivity index (χ2v) is 6.93. The Kier molecular flexibility index (Phi) is 4.86. The second kappa shape index (κ2) is 7.61. The molecule has 0 aliphatic carbocycles. The van der Waals surface area contributed by atoms with Crippen molar-refractivity contribution in [2.24, 2.45) is 0 Å². The first kappa shape index (κ1) is 17.3. The predicted molar refractivity (Wildman–Crippen MR) is 115 cm³/mol. The van der Waals surface area contributed by atoms with Crippen LogP contribution in [0.3, 0.4) is 0 Å². The quantitative estimate of drug-likeness (QED) is 0.630. The molecular formula is C23H19N3S. The van der Waals surface area contributed by atoms with Gasteiger partial charge in [-0.3, -0.25) is 0 Å². The Morgan fingerprint density at radius 1 is 1.00 bits per heavy atom. The Morgan fingerprint density at radius 3 is 2.59 bits per heavy atom. The normalized spacial score (nSPS) is 13.7. The molecule has 1 N–H and O–H groups in total. The van der Waals surface area contributed by atoms with E-state index in [0.717, 1.165) is 25.2 Å². The molecule has 0 bridgehead atoms. The number of para-hydroxylation sites is 1. The Labute approximate surface area is 164 Å². The summed E-state index contributed by atoms with van der Waals surface area (Å²) in [6, 6.07) is 24.6. The minimum atomic E-state index is 0.601. The molecule has 0 atom stereocenters. The van der Waals surface area contributed by atoms with Gasteiger partial charge in [0.15, 0.2) is 5.11 Å². The van der Waals surface area contributed by atoms with Gasteiger partial charge in [-0.15, -0.1) is 0 Å². The number of benzene rings is 3. The molecule has 0 unspecified atom stereocenters. The molecule has 3 nitrogen and oxygen atoms in total. The van der Waals surface area contributed by atoms with E-state index in [2.05, 4.69) is 64.8 Å². The Balaban J connectivity index is 1.51. The van der Waals surface area contributed by atoms with Crippen molar-refractivity contribution in [1.29, 1.82) is 5.26 Å². The maximum absolute atomic E-state index is 9.23. The molecule has 27 heavy (non-hydrogen) atoms. The van der Waals surface area contributed by atoms with Gasteiger partial charge in [0.1, 0.15) is 6.07 Å². The number of nitrogens with zero attached hydrogens (tertiary/aromatic N) is 2. The zero-order valence-electron chi connectivity index (χ0n) is 14.9. The number of nitrogens with one attached hydrogen (secondary N) is 1. The van der Waals surface area contributed by atoms with Crippen molar-refractivity contribution in [2.75, 3.05) is 18.4 Å². The minimum Gasteiger partial charge on any atom is -0.345 e. The lowest BCUT2D eigenvalue weighted by molar-refractivity contribution is 0.466. The van der Waals surface area contributed by atoms with Crippen LogP contribution in [-0.2, 0) is 0 Å².